The zero-order valence-electron chi connectivity index (χ0n) is 17.1. The van der Waals surface area contributed by atoms with Crippen LogP contribution in [0.15, 0.2) is 65.6 Å². The molecule has 1 N–H and O–H groups in total. The summed E-state index contributed by atoms with van der Waals surface area (Å²) in [5.41, 5.74) is -0.312. The summed E-state index contributed by atoms with van der Waals surface area (Å²) in [4.78, 5) is 12.6. The zero-order valence-corrected chi connectivity index (χ0v) is 17.1. The number of ether oxygens (including phenoxy) is 3. The van der Waals surface area contributed by atoms with Crippen LogP contribution in [-0.4, -0.2) is 29.0 Å². The zero-order chi connectivity index (χ0) is 21.7. The maximum atomic E-state index is 13.7. The van der Waals surface area contributed by atoms with Gasteiger partial charge in [-0.05, 0) is 38.1 Å². The van der Waals surface area contributed by atoms with Crippen molar-refractivity contribution in [2.24, 2.45) is 0 Å². The van der Waals surface area contributed by atoms with Gasteiger partial charge in [0.25, 0.3) is 5.56 Å². The molecule has 7 heteroatoms. The van der Waals surface area contributed by atoms with Crippen LogP contribution in [0.3, 0.4) is 0 Å². The second kappa shape index (κ2) is 9.00. The molecule has 1 heterocycles. The van der Waals surface area contributed by atoms with E-state index in [4.69, 9.17) is 14.2 Å². The molecule has 0 fully saturated rings. The number of rotatable bonds is 8. The van der Waals surface area contributed by atoms with Crippen molar-refractivity contribution in [2.75, 3.05) is 13.7 Å². The minimum atomic E-state index is -0.987. The lowest BCUT2D eigenvalue weighted by Gasteiger charge is -2.19. The van der Waals surface area contributed by atoms with Gasteiger partial charge in [-0.3, -0.25) is 9.36 Å². The van der Waals surface area contributed by atoms with Crippen LogP contribution in [0.4, 0.5) is 4.39 Å². The molecule has 0 aliphatic heterocycles. The average molecular weight is 413 g/mol. The van der Waals surface area contributed by atoms with Gasteiger partial charge < -0.3 is 19.3 Å². The van der Waals surface area contributed by atoms with Gasteiger partial charge in [-0.25, -0.2) is 4.39 Å². The lowest BCUT2D eigenvalue weighted by atomic mass is 10.2. The Hall–Kier alpha value is -3.32. The molecule has 0 amide bonds. The van der Waals surface area contributed by atoms with Crippen molar-refractivity contribution in [1.29, 1.82) is 0 Å². The summed E-state index contributed by atoms with van der Waals surface area (Å²) < 4.78 is 31.6. The first-order valence-corrected chi connectivity index (χ1v) is 9.39. The number of benzene rings is 2. The molecule has 0 unspecified atom stereocenters. The Morgan fingerprint density at radius 3 is 2.47 bits per heavy atom. The monoisotopic (exact) mass is 413 g/mol. The number of aliphatic hydroxyl groups is 1. The minimum Gasteiger partial charge on any atom is -0.493 e. The van der Waals surface area contributed by atoms with Crippen molar-refractivity contribution < 1.29 is 23.7 Å². The molecule has 6 nitrogen and oxygen atoms in total. The highest BCUT2D eigenvalue weighted by Crippen LogP contribution is 2.30. The Labute approximate surface area is 174 Å². The summed E-state index contributed by atoms with van der Waals surface area (Å²) in [6, 6.07) is 14.3. The van der Waals surface area contributed by atoms with E-state index in [1.165, 1.54) is 23.8 Å². The van der Waals surface area contributed by atoms with Crippen molar-refractivity contribution in [3.05, 3.63) is 82.5 Å². The molecular formula is C23H24FNO5. The van der Waals surface area contributed by atoms with Gasteiger partial charge in [0, 0.05) is 23.9 Å². The maximum absolute atomic E-state index is 13.7. The lowest BCUT2D eigenvalue weighted by Crippen LogP contribution is -2.28. The first kappa shape index (κ1) is 21.4. The third kappa shape index (κ3) is 5.39. The minimum absolute atomic E-state index is 0.0250. The average Bonchev–Trinajstić information content (AvgIpc) is 2.71. The Bertz CT molecular complexity index is 1070. The largest absolute Gasteiger partial charge is 0.493 e. The van der Waals surface area contributed by atoms with E-state index in [1.807, 2.05) is 0 Å². The highest BCUT2D eigenvalue weighted by Gasteiger charge is 2.16. The number of methoxy groups -OCH3 is 1. The highest BCUT2D eigenvalue weighted by atomic mass is 19.1. The van der Waals surface area contributed by atoms with E-state index < -0.39 is 5.60 Å². The fraction of sp³-hybridized carbons (Fsp3) is 0.261. The van der Waals surface area contributed by atoms with Gasteiger partial charge in [-0.1, -0.05) is 18.2 Å². The second-order valence-electron chi connectivity index (χ2n) is 7.39. The summed E-state index contributed by atoms with van der Waals surface area (Å²) in [7, 11) is 1.50. The number of hydrogen-bond acceptors (Lipinski definition) is 5. The molecule has 2 aromatic carbocycles. The van der Waals surface area contributed by atoms with Crippen LogP contribution in [0.1, 0.15) is 19.4 Å². The molecule has 0 spiro atoms. The standard InChI is InChI=1S/C23H24FNO5/c1-23(2,27)15-30-20-9-8-17(12-21(20)28-3)25-11-10-18(13-22(25)26)29-14-16-6-4-5-7-19(16)24/h4-13,27H,14-15H2,1-3H3. The van der Waals surface area contributed by atoms with Crippen molar-refractivity contribution in [3.63, 3.8) is 0 Å². The Morgan fingerprint density at radius 1 is 1.03 bits per heavy atom. The van der Waals surface area contributed by atoms with E-state index in [9.17, 15) is 14.3 Å². The van der Waals surface area contributed by atoms with Gasteiger partial charge in [0.15, 0.2) is 11.5 Å². The van der Waals surface area contributed by atoms with Crippen LogP contribution in [0, 0.1) is 5.82 Å². The third-order valence-corrected chi connectivity index (χ3v) is 4.25. The molecule has 0 radical (unpaired) electrons. The molecule has 0 bridgehead atoms. The van der Waals surface area contributed by atoms with Gasteiger partial charge >= 0.3 is 0 Å². The van der Waals surface area contributed by atoms with Crippen LogP contribution in [0.2, 0.25) is 0 Å². The Kier molecular flexibility index (Phi) is 6.42. The molecule has 0 atom stereocenters. The molecule has 158 valence electrons. The van der Waals surface area contributed by atoms with Gasteiger partial charge in [-0.15, -0.1) is 0 Å². The summed E-state index contributed by atoms with van der Waals surface area (Å²) >= 11 is 0. The van der Waals surface area contributed by atoms with Gasteiger partial charge in [0.2, 0.25) is 0 Å². The molecule has 30 heavy (non-hydrogen) atoms. The Balaban J connectivity index is 1.77. The maximum Gasteiger partial charge on any atom is 0.258 e. The third-order valence-electron chi connectivity index (χ3n) is 4.25. The van der Waals surface area contributed by atoms with E-state index >= 15 is 0 Å². The Morgan fingerprint density at radius 2 is 1.80 bits per heavy atom. The van der Waals surface area contributed by atoms with Crippen LogP contribution in [-0.2, 0) is 6.61 Å². The fourth-order valence-electron chi connectivity index (χ4n) is 2.72. The SMILES string of the molecule is COc1cc(-n2ccc(OCc3ccccc3F)cc2=O)ccc1OCC(C)(C)O. The van der Waals surface area contributed by atoms with Crippen molar-refractivity contribution in [3.8, 4) is 22.9 Å². The van der Waals surface area contributed by atoms with E-state index in [2.05, 4.69) is 0 Å². The highest BCUT2D eigenvalue weighted by molar-refractivity contribution is 5.49. The number of hydrogen-bond donors (Lipinski definition) is 1. The predicted octanol–water partition coefficient (Wildman–Crippen LogP) is 3.71. The molecule has 0 saturated heterocycles. The number of halogens is 1. The van der Waals surface area contributed by atoms with Gasteiger partial charge in [-0.2, -0.15) is 0 Å². The fourth-order valence-corrected chi connectivity index (χ4v) is 2.72. The number of pyridine rings is 1. The molecule has 0 aliphatic carbocycles. The summed E-state index contributed by atoms with van der Waals surface area (Å²) in [6.45, 7) is 3.40. The molecule has 0 saturated carbocycles. The topological polar surface area (TPSA) is 69.9 Å². The van der Waals surface area contributed by atoms with Crippen LogP contribution in [0.5, 0.6) is 17.2 Å². The predicted molar refractivity (Wildman–Crippen MR) is 111 cm³/mol. The van der Waals surface area contributed by atoms with Gasteiger partial charge in [0.1, 0.15) is 24.8 Å². The molecule has 1 aromatic heterocycles. The van der Waals surface area contributed by atoms with E-state index in [0.29, 0.717) is 28.5 Å². The first-order chi connectivity index (χ1) is 14.3. The summed E-state index contributed by atoms with van der Waals surface area (Å²) in [5.74, 6) is 0.881. The molecule has 3 aromatic rings. The van der Waals surface area contributed by atoms with Crippen LogP contribution in [0.25, 0.3) is 5.69 Å². The first-order valence-electron chi connectivity index (χ1n) is 9.39. The summed E-state index contributed by atoms with van der Waals surface area (Å²) in [6.07, 6.45) is 1.57. The lowest BCUT2D eigenvalue weighted by molar-refractivity contribution is 0.0276. The number of aromatic nitrogens is 1. The molecular weight excluding hydrogens is 389 g/mol. The van der Waals surface area contributed by atoms with Crippen molar-refractivity contribution >= 4 is 0 Å². The van der Waals surface area contributed by atoms with Gasteiger partial charge in [0.05, 0.1) is 18.4 Å². The number of nitrogens with zero attached hydrogens (tertiary/aromatic N) is 1. The van der Waals surface area contributed by atoms with Crippen LogP contribution < -0.4 is 19.8 Å². The summed E-state index contributed by atoms with van der Waals surface area (Å²) in [5, 5.41) is 9.83. The van der Waals surface area contributed by atoms with E-state index in [-0.39, 0.29) is 24.6 Å². The van der Waals surface area contributed by atoms with Crippen molar-refractivity contribution in [2.45, 2.75) is 26.1 Å². The second-order valence-corrected chi connectivity index (χ2v) is 7.39. The van der Waals surface area contributed by atoms with E-state index in [0.717, 1.165) is 0 Å². The molecule has 0 aliphatic rings. The molecule has 3 rings (SSSR count). The quantitative estimate of drug-likeness (QED) is 0.610. The normalized spacial score (nSPS) is 11.2. The smallest absolute Gasteiger partial charge is 0.258 e. The van der Waals surface area contributed by atoms with Crippen LogP contribution >= 0.6 is 0 Å². The van der Waals surface area contributed by atoms with Crippen molar-refractivity contribution in [1.82, 2.24) is 4.57 Å². The van der Waals surface area contributed by atoms with E-state index in [1.54, 1.807) is 62.5 Å².